The van der Waals surface area contributed by atoms with Gasteiger partial charge in [0.15, 0.2) is 27.3 Å². The van der Waals surface area contributed by atoms with E-state index < -0.39 is 52.0 Å². The number of ether oxygens (including phenoxy) is 1. The van der Waals surface area contributed by atoms with Crippen molar-refractivity contribution in [2.24, 2.45) is 5.16 Å². The first-order chi connectivity index (χ1) is 34.6. The Kier molecular flexibility index (Phi) is 15.1. The van der Waals surface area contributed by atoms with Crippen molar-refractivity contribution < 1.29 is 33.3 Å². The smallest absolute Gasteiger partial charge is 0.356 e. The summed E-state index contributed by atoms with van der Waals surface area (Å²) in [6.07, 6.45) is 0.740. The van der Waals surface area contributed by atoms with Crippen molar-refractivity contribution in [1.82, 2.24) is 30.7 Å². The fraction of sp³-hybridized carbons (Fsp3) is 0.154. The van der Waals surface area contributed by atoms with Gasteiger partial charge in [-0.15, -0.1) is 21.5 Å². The Labute approximate surface area is 424 Å². The highest BCUT2D eigenvalue weighted by Gasteiger charge is 2.61. The summed E-state index contributed by atoms with van der Waals surface area (Å²) >= 11 is 1.91. The molecule has 19 heteroatoms. The predicted octanol–water partition coefficient (Wildman–Crippen LogP) is 7.69. The van der Waals surface area contributed by atoms with Crippen molar-refractivity contribution in [3.8, 4) is 0 Å². The summed E-state index contributed by atoms with van der Waals surface area (Å²) in [4.78, 5) is 66.0. The molecule has 3 N–H and O–H groups in total. The SMILES string of the molecule is CO/N=C(/C(=O)NC1C(=O)N2C(C(=O)OC(c3ccccc3)c3ccccc3)=C(/C=C/Sc3nnc(CNC(C)=O)s3)C[S+]([O-])C12)c1csc(NC(c2ccccc2)(c2ccccc2)c2ccccc2)n1. The molecule has 4 heterocycles. The molecule has 0 radical (unpaired) electrons. The van der Waals surface area contributed by atoms with Gasteiger partial charge in [0.05, 0.1) is 6.54 Å². The number of aromatic nitrogens is 3. The summed E-state index contributed by atoms with van der Waals surface area (Å²) < 4.78 is 21.1. The minimum atomic E-state index is -1.82. The van der Waals surface area contributed by atoms with Crippen molar-refractivity contribution in [1.29, 1.82) is 0 Å². The Morgan fingerprint density at radius 1 is 0.873 bits per heavy atom. The third kappa shape index (κ3) is 10.5. The number of nitrogens with one attached hydrogen (secondary N) is 3. The first kappa shape index (κ1) is 48.6. The summed E-state index contributed by atoms with van der Waals surface area (Å²) in [5, 5.41) is 24.7. The van der Waals surface area contributed by atoms with E-state index in [0.717, 1.165) is 21.6 Å². The molecule has 1 saturated heterocycles. The molecule has 1 fully saturated rings. The van der Waals surface area contributed by atoms with Crippen LogP contribution in [0, 0.1) is 0 Å². The van der Waals surface area contributed by atoms with E-state index in [9.17, 15) is 23.7 Å². The van der Waals surface area contributed by atoms with Gasteiger partial charge in [0.25, 0.3) is 11.8 Å². The molecule has 0 spiro atoms. The van der Waals surface area contributed by atoms with Gasteiger partial charge in [0, 0.05) is 17.9 Å². The van der Waals surface area contributed by atoms with E-state index in [-0.39, 0.29) is 40.9 Å². The van der Waals surface area contributed by atoms with E-state index in [2.05, 4.69) is 31.3 Å². The minimum Gasteiger partial charge on any atom is -0.614 e. The lowest BCUT2D eigenvalue weighted by Crippen LogP contribution is -2.75. The maximum absolute atomic E-state index is 14.6. The van der Waals surface area contributed by atoms with Crippen molar-refractivity contribution in [3.63, 3.8) is 0 Å². The summed E-state index contributed by atoms with van der Waals surface area (Å²) in [6.45, 7) is 1.63. The van der Waals surface area contributed by atoms with Gasteiger partial charge in [-0.2, -0.15) is 0 Å². The van der Waals surface area contributed by atoms with Gasteiger partial charge >= 0.3 is 5.97 Å². The van der Waals surface area contributed by atoms with Gasteiger partial charge in [-0.1, -0.05) is 180 Å². The van der Waals surface area contributed by atoms with Crippen LogP contribution in [0.25, 0.3) is 0 Å². The van der Waals surface area contributed by atoms with Crippen LogP contribution in [0.2, 0.25) is 0 Å². The van der Waals surface area contributed by atoms with E-state index >= 15 is 0 Å². The van der Waals surface area contributed by atoms with Crippen LogP contribution < -0.4 is 16.0 Å². The van der Waals surface area contributed by atoms with Crippen LogP contribution >= 0.6 is 34.4 Å². The number of rotatable bonds is 18. The number of benzene rings is 5. The number of amides is 3. The van der Waals surface area contributed by atoms with Crippen molar-refractivity contribution in [3.05, 3.63) is 218 Å². The van der Waals surface area contributed by atoms with Crippen LogP contribution in [0.4, 0.5) is 5.13 Å². The van der Waals surface area contributed by atoms with Crippen LogP contribution in [0.5, 0.6) is 0 Å². The van der Waals surface area contributed by atoms with Gasteiger partial charge in [-0.3, -0.25) is 19.3 Å². The van der Waals surface area contributed by atoms with Crippen LogP contribution in [-0.4, -0.2) is 78.3 Å². The molecule has 5 aromatic carbocycles. The Balaban J connectivity index is 0.994. The molecule has 2 aliphatic rings. The average Bonchev–Trinajstić information content (AvgIpc) is 4.08. The van der Waals surface area contributed by atoms with Gasteiger partial charge in [0.2, 0.25) is 11.3 Å². The second-order valence-electron chi connectivity index (χ2n) is 16.0. The van der Waals surface area contributed by atoms with Crippen molar-refractivity contribution in [2.75, 3.05) is 18.2 Å². The lowest BCUT2D eigenvalue weighted by molar-refractivity contribution is -0.154. The number of anilines is 1. The fourth-order valence-electron chi connectivity index (χ4n) is 8.29. The van der Waals surface area contributed by atoms with Crippen molar-refractivity contribution in [2.45, 2.75) is 40.9 Å². The lowest BCUT2D eigenvalue weighted by atomic mass is 9.77. The molecule has 0 aliphatic carbocycles. The number of hydrogen-bond acceptors (Lipinski definition) is 15. The summed E-state index contributed by atoms with van der Waals surface area (Å²) in [5.41, 5.74) is 3.42. The Hall–Kier alpha value is -7.42. The van der Waals surface area contributed by atoms with Gasteiger partial charge < -0.3 is 30.1 Å². The maximum Gasteiger partial charge on any atom is 0.356 e. The Morgan fingerprint density at radius 2 is 1.44 bits per heavy atom. The number of allylic oxidation sites excluding steroid dienone is 1. The number of fused-ring (bicyclic) bond motifs is 1. The molecule has 9 rings (SSSR count). The summed E-state index contributed by atoms with van der Waals surface area (Å²) in [7, 11) is 1.29. The predicted molar refractivity (Wildman–Crippen MR) is 274 cm³/mol. The molecular formula is C52H44N8O7S4. The molecule has 7 aromatic rings. The normalized spacial score (nSPS) is 16.8. The lowest BCUT2D eigenvalue weighted by Gasteiger charge is -2.49. The molecule has 358 valence electrons. The molecule has 2 aromatic heterocycles. The molecule has 3 unspecified atom stereocenters. The summed E-state index contributed by atoms with van der Waals surface area (Å²) in [5.74, 6) is -2.67. The molecular weight excluding hydrogens is 977 g/mol. The number of carbonyl (C=O) groups excluding carboxylic acids is 4. The monoisotopic (exact) mass is 1020 g/mol. The first-order valence-electron chi connectivity index (χ1n) is 22.1. The highest BCUT2D eigenvalue weighted by atomic mass is 32.2. The number of esters is 1. The number of nitrogens with zero attached hydrogens (tertiary/aromatic N) is 5. The van der Waals surface area contributed by atoms with Crippen LogP contribution in [0.1, 0.15) is 51.5 Å². The largest absolute Gasteiger partial charge is 0.614 e. The molecule has 3 amide bonds. The molecule has 2 aliphatic heterocycles. The number of thiazole rings is 1. The van der Waals surface area contributed by atoms with Crippen LogP contribution in [0.3, 0.4) is 0 Å². The Morgan fingerprint density at radius 3 is 1.99 bits per heavy atom. The first-order valence-corrected chi connectivity index (χ1v) is 26.1. The standard InChI is InChI=1S/C52H44N8O7S4/c1-33(61)53-30-41-57-58-51(70-41)68-29-28-36-32-71(65)48-43(47(63)60(48)44(36)49(64)67-45(34-18-8-3-9-19-34)35-20-10-4-11-21-35)55-46(62)42(59-66-2)40-31-69-50(54-40)56-52(37-22-12-5-13-23-37,38-24-14-6-15-25-38)39-26-16-7-17-27-39/h3-29,31,43,45,48H,30,32H2,1-2H3,(H,53,61)(H,54,56)(H,55,62)/b29-28+,59-42+. The van der Waals surface area contributed by atoms with Gasteiger partial charge in [-0.25, -0.2) is 9.78 Å². The molecule has 3 atom stereocenters. The zero-order valence-corrected chi connectivity index (χ0v) is 41.3. The zero-order chi connectivity index (χ0) is 49.3. The average molecular weight is 1020 g/mol. The van der Waals surface area contributed by atoms with Crippen LogP contribution in [0.15, 0.2) is 189 Å². The third-order valence-corrected chi connectivity index (χ3v) is 15.7. The van der Waals surface area contributed by atoms with Crippen molar-refractivity contribution >= 4 is 80.1 Å². The number of carbonyl (C=O) groups is 4. The Bertz CT molecular complexity index is 2970. The quantitative estimate of drug-likeness (QED) is 0.0144. The second kappa shape index (κ2) is 22.1. The maximum atomic E-state index is 14.6. The highest BCUT2D eigenvalue weighted by molar-refractivity contribution is 8.03. The topological polar surface area (TPSA) is 200 Å². The van der Waals surface area contributed by atoms with E-state index in [1.165, 1.54) is 48.5 Å². The number of hydrogen-bond donors (Lipinski definition) is 3. The number of oxime groups is 1. The molecule has 0 saturated carbocycles. The van der Waals surface area contributed by atoms with E-state index in [0.29, 0.717) is 25.6 Å². The van der Waals surface area contributed by atoms with Gasteiger partial charge in [-0.05, 0) is 50.5 Å². The highest BCUT2D eigenvalue weighted by Crippen LogP contribution is 2.42. The number of thioether (sulfide) groups is 1. The second-order valence-corrected chi connectivity index (χ2v) is 20.6. The number of β-lactam (4-membered cyclic amide) rings is 1. The minimum absolute atomic E-state index is 0.109. The molecule has 15 nitrogen and oxygen atoms in total. The molecule has 0 bridgehead atoms. The zero-order valence-electron chi connectivity index (χ0n) is 38.0. The van der Waals surface area contributed by atoms with Gasteiger partial charge in [0.1, 0.15) is 34.8 Å². The fourth-order valence-corrected chi connectivity index (χ4v) is 12.3. The van der Waals surface area contributed by atoms with E-state index in [1.807, 2.05) is 152 Å². The van der Waals surface area contributed by atoms with E-state index in [4.69, 9.17) is 14.6 Å². The van der Waals surface area contributed by atoms with E-state index in [1.54, 1.807) is 16.9 Å². The third-order valence-electron chi connectivity index (χ3n) is 11.5. The van der Waals surface area contributed by atoms with Crippen LogP contribution in [-0.2, 0) is 52.0 Å². The molecule has 71 heavy (non-hydrogen) atoms. The summed E-state index contributed by atoms with van der Waals surface area (Å²) in [6, 6.07) is 47.0.